The molecule has 6 heteroatoms. The number of anilines is 1. The number of esters is 1. The normalized spacial score (nSPS) is 10.3. The number of nitrogens with zero attached hydrogens (tertiary/aromatic N) is 1. The molecule has 0 bridgehead atoms. The molecule has 0 saturated carbocycles. The Morgan fingerprint density at radius 1 is 1.56 bits per heavy atom. The number of hydrogen-bond donors (Lipinski definition) is 1. The molecule has 0 amide bonds. The molecule has 2 aromatic rings. The maximum absolute atomic E-state index is 12.9. The number of ether oxygens (including phenoxy) is 1. The Labute approximate surface area is 102 Å². The molecule has 1 aromatic carbocycles. The summed E-state index contributed by atoms with van der Waals surface area (Å²) in [6.07, 6.45) is 0. The van der Waals surface area contributed by atoms with Crippen LogP contribution in [0.1, 0.15) is 21.6 Å². The van der Waals surface area contributed by atoms with Crippen molar-refractivity contribution in [3.05, 3.63) is 46.9 Å². The summed E-state index contributed by atoms with van der Waals surface area (Å²) in [6, 6.07) is 5.79. The van der Waals surface area contributed by atoms with Crippen molar-refractivity contribution in [2.45, 2.75) is 13.5 Å². The van der Waals surface area contributed by atoms with Crippen LogP contribution in [0.25, 0.3) is 0 Å². The van der Waals surface area contributed by atoms with Crippen LogP contribution in [0.2, 0.25) is 0 Å². The Kier molecular flexibility index (Phi) is 3.27. The topological polar surface area (TPSA) is 78.4 Å². The molecular weight excluding hydrogens is 239 g/mol. The van der Waals surface area contributed by atoms with Gasteiger partial charge in [0.1, 0.15) is 18.0 Å². The highest BCUT2D eigenvalue weighted by molar-refractivity contribution is 5.94. The van der Waals surface area contributed by atoms with Crippen LogP contribution < -0.4 is 5.73 Å². The zero-order valence-electron chi connectivity index (χ0n) is 9.64. The van der Waals surface area contributed by atoms with E-state index in [0.29, 0.717) is 11.3 Å². The van der Waals surface area contributed by atoms with Crippen LogP contribution >= 0.6 is 0 Å². The van der Waals surface area contributed by atoms with E-state index in [4.69, 9.17) is 10.5 Å². The van der Waals surface area contributed by atoms with E-state index < -0.39 is 5.97 Å². The number of benzene rings is 1. The van der Waals surface area contributed by atoms with Gasteiger partial charge in [-0.05, 0) is 24.6 Å². The fourth-order valence-corrected chi connectivity index (χ4v) is 1.48. The zero-order chi connectivity index (χ0) is 13.1. The molecule has 18 heavy (non-hydrogen) atoms. The van der Waals surface area contributed by atoms with Crippen molar-refractivity contribution < 1.29 is 18.4 Å². The molecular formula is C12H11FN2O3. The van der Waals surface area contributed by atoms with Crippen molar-refractivity contribution in [2.75, 3.05) is 5.73 Å². The van der Waals surface area contributed by atoms with Gasteiger partial charge in [0.15, 0.2) is 0 Å². The molecule has 2 N–H and O–H groups in total. The summed E-state index contributed by atoms with van der Waals surface area (Å²) in [5.41, 5.74) is 6.46. The Morgan fingerprint density at radius 2 is 2.33 bits per heavy atom. The monoisotopic (exact) mass is 250 g/mol. The SMILES string of the molecule is Cc1noc(N)c1C(=O)OCc1cccc(F)c1. The van der Waals surface area contributed by atoms with Crippen LogP contribution in [-0.4, -0.2) is 11.1 Å². The van der Waals surface area contributed by atoms with E-state index >= 15 is 0 Å². The summed E-state index contributed by atoms with van der Waals surface area (Å²) < 4.78 is 22.6. The first-order chi connectivity index (χ1) is 8.58. The molecule has 0 aliphatic rings. The largest absolute Gasteiger partial charge is 0.457 e. The molecule has 5 nitrogen and oxygen atoms in total. The summed E-state index contributed by atoms with van der Waals surface area (Å²) in [4.78, 5) is 11.7. The van der Waals surface area contributed by atoms with E-state index in [1.807, 2.05) is 0 Å². The standard InChI is InChI=1S/C12H11FN2O3/c1-7-10(11(14)18-15-7)12(16)17-6-8-3-2-4-9(13)5-8/h2-5H,6,14H2,1H3. The van der Waals surface area contributed by atoms with Crippen molar-refractivity contribution in [3.63, 3.8) is 0 Å². The van der Waals surface area contributed by atoms with Gasteiger partial charge in [-0.15, -0.1) is 0 Å². The third-order valence-electron chi connectivity index (χ3n) is 2.35. The third kappa shape index (κ3) is 2.48. The van der Waals surface area contributed by atoms with E-state index in [1.165, 1.54) is 18.2 Å². The minimum absolute atomic E-state index is 0.0410. The number of nitrogen functional groups attached to an aromatic ring is 1. The van der Waals surface area contributed by atoms with Crippen LogP contribution in [0.5, 0.6) is 0 Å². The lowest BCUT2D eigenvalue weighted by molar-refractivity contribution is 0.0472. The van der Waals surface area contributed by atoms with Crippen molar-refractivity contribution in [3.8, 4) is 0 Å². The van der Waals surface area contributed by atoms with E-state index in [1.54, 1.807) is 13.0 Å². The summed E-state index contributed by atoms with van der Waals surface area (Å²) in [5, 5.41) is 3.55. The van der Waals surface area contributed by atoms with Gasteiger partial charge >= 0.3 is 5.97 Å². The molecule has 0 unspecified atom stereocenters. The second kappa shape index (κ2) is 4.87. The number of rotatable bonds is 3. The number of carbonyl (C=O) groups is 1. The molecule has 0 radical (unpaired) electrons. The van der Waals surface area contributed by atoms with E-state index in [-0.39, 0.29) is 23.9 Å². The van der Waals surface area contributed by atoms with Crippen LogP contribution in [-0.2, 0) is 11.3 Å². The molecule has 1 heterocycles. The van der Waals surface area contributed by atoms with Crippen LogP contribution in [0.15, 0.2) is 28.8 Å². The van der Waals surface area contributed by atoms with E-state index in [9.17, 15) is 9.18 Å². The Balaban J connectivity index is 2.05. The maximum Gasteiger partial charge on any atom is 0.346 e. The summed E-state index contributed by atoms with van der Waals surface area (Å²) in [7, 11) is 0. The van der Waals surface area contributed by atoms with Gasteiger partial charge in [0.2, 0.25) is 5.88 Å². The van der Waals surface area contributed by atoms with Gasteiger partial charge in [-0.25, -0.2) is 9.18 Å². The average molecular weight is 250 g/mol. The van der Waals surface area contributed by atoms with Crippen LogP contribution in [0.4, 0.5) is 10.3 Å². The lowest BCUT2D eigenvalue weighted by Gasteiger charge is -2.04. The van der Waals surface area contributed by atoms with Crippen LogP contribution in [0.3, 0.4) is 0 Å². The molecule has 0 fully saturated rings. The Bertz CT molecular complexity index is 561. The highest BCUT2D eigenvalue weighted by Gasteiger charge is 2.19. The van der Waals surface area contributed by atoms with Gasteiger partial charge in [0, 0.05) is 0 Å². The molecule has 94 valence electrons. The van der Waals surface area contributed by atoms with Crippen molar-refractivity contribution >= 4 is 11.9 Å². The van der Waals surface area contributed by atoms with Crippen LogP contribution in [0, 0.1) is 12.7 Å². The van der Waals surface area contributed by atoms with Gasteiger partial charge in [0.25, 0.3) is 0 Å². The van der Waals surface area contributed by atoms with E-state index in [0.717, 1.165) is 0 Å². The minimum atomic E-state index is -0.643. The van der Waals surface area contributed by atoms with Crippen molar-refractivity contribution in [1.29, 1.82) is 0 Å². The molecule has 0 atom stereocenters. The lowest BCUT2D eigenvalue weighted by Crippen LogP contribution is -2.08. The Morgan fingerprint density at radius 3 is 2.94 bits per heavy atom. The second-order valence-electron chi connectivity index (χ2n) is 3.71. The molecule has 0 aliphatic heterocycles. The third-order valence-corrected chi connectivity index (χ3v) is 2.35. The first-order valence-electron chi connectivity index (χ1n) is 5.21. The van der Waals surface area contributed by atoms with Gasteiger partial charge in [-0.1, -0.05) is 17.3 Å². The molecule has 0 spiro atoms. The summed E-state index contributed by atoms with van der Waals surface area (Å²) in [5.74, 6) is -1.11. The zero-order valence-corrected chi connectivity index (χ0v) is 9.64. The predicted molar refractivity (Wildman–Crippen MR) is 61.2 cm³/mol. The van der Waals surface area contributed by atoms with Gasteiger partial charge in [0.05, 0.1) is 5.69 Å². The smallest absolute Gasteiger partial charge is 0.346 e. The summed E-state index contributed by atoms with van der Waals surface area (Å²) >= 11 is 0. The highest BCUT2D eigenvalue weighted by atomic mass is 19.1. The number of carbonyl (C=O) groups excluding carboxylic acids is 1. The Hall–Kier alpha value is -2.37. The van der Waals surface area contributed by atoms with Crippen molar-refractivity contribution in [1.82, 2.24) is 5.16 Å². The maximum atomic E-state index is 12.9. The number of aryl methyl sites for hydroxylation is 1. The van der Waals surface area contributed by atoms with Crippen molar-refractivity contribution in [2.24, 2.45) is 0 Å². The first kappa shape index (κ1) is 12.1. The quantitative estimate of drug-likeness (QED) is 0.843. The predicted octanol–water partition coefficient (Wildman–Crippen LogP) is 2.06. The first-order valence-corrected chi connectivity index (χ1v) is 5.21. The fraction of sp³-hybridized carbons (Fsp3) is 0.167. The second-order valence-corrected chi connectivity index (χ2v) is 3.71. The lowest BCUT2D eigenvalue weighted by atomic mass is 10.2. The van der Waals surface area contributed by atoms with Gasteiger partial charge < -0.3 is 15.0 Å². The van der Waals surface area contributed by atoms with Gasteiger partial charge in [-0.2, -0.15) is 0 Å². The molecule has 2 rings (SSSR count). The molecule has 1 aromatic heterocycles. The average Bonchev–Trinajstić information content (AvgIpc) is 2.66. The fourth-order valence-electron chi connectivity index (χ4n) is 1.48. The summed E-state index contributed by atoms with van der Waals surface area (Å²) in [6.45, 7) is 1.54. The number of aromatic nitrogens is 1. The number of nitrogens with two attached hydrogens (primary N) is 1. The molecule has 0 aliphatic carbocycles. The highest BCUT2D eigenvalue weighted by Crippen LogP contribution is 2.17. The number of hydrogen-bond acceptors (Lipinski definition) is 5. The minimum Gasteiger partial charge on any atom is -0.457 e. The van der Waals surface area contributed by atoms with E-state index in [2.05, 4.69) is 9.68 Å². The number of halogens is 1. The molecule has 0 saturated heterocycles. The van der Waals surface area contributed by atoms with Gasteiger partial charge in [-0.3, -0.25) is 0 Å².